The van der Waals surface area contributed by atoms with Crippen LogP contribution in [-0.4, -0.2) is 50.0 Å². The van der Waals surface area contributed by atoms with E-state index < -0.39 is 5.60 Å². The van der Waals surface area contributed by atoms with Crippen molar-refractivity contribution in [2.75, 3.05) is 18.8 Å². The summed E-state index contributed by atoms with van der Waals surface area (Å²) >= 11 is 0. The van der Waals surface area contributed by atoms with Crippen molar-refractivity contribution >= 4 is 22.9 Å². The molecule has 30 heavy (non-hydrogen) atoms. The number of likely N-dealkylation sites (tertiary alicyclic amines) is 1. The van der Waals surface area contributed by atoms with Crippen molar-refractivity contribution in [3.05, 3.63) is 35.9 Å². The minimum absolute atomic E-state index is 0.0567. The molecule has 4 N–H and O–H groups in total. The van der Waals surface area contributed by atoms with E-state index in [4.69, 9.17) is 10.5 Å². The third-order valence-electron chi connectivity index (χ3n) is 5.28. The third-order valence-corrected chi connectivity index (χ3v) is 5.28. The number of benzene rings is 1. The Labute approximate surface area is 175 Å². The zero-order valence-electron chi connectivity index (χ0n) is 17.5. The topological polar surface area (TPSA) is 117 Å². The number of aromatic nitrogens is 3. The highest BCUT2D eigenvalue weighted by Gasteiger charge is 2.30. The fourth-order valence-electron chi connectivity index (χ4n) is 3.96. The van der Waals surface area contributed by atoms with Crippen LogP contribution in [0.3, 0.4) is 0 Å². The summed E-state index contributed by atoms with van der Waals surface area (Å²) < 4.78 is 5.56. The Morgan fingerprint density at radius 2 is 2.10 bits per heavy atom. The van der Waals surface area contributed by atoms with Gasteiger partial charge < -0.3 is 20.5 Å². The number of nitrogens with one attached hydrogen (secondary N) is 1. The van der Waals surface area contributed by atoms with Gasteiger partial charge in [0.05, 0.1) is 11.1 Å². The number of ether oxygens (including phenoxy) is 1. The van der Waals surface area contributed by atoms with Crippen LogP contribution in [0.5, 0.6) is 5.75 Å². The Hall–Kier alpha value is -3.29. The van der Waals surface area contributed by atoms with E-state index in [1.54, 1.807) is 17.0 Å². The quantitative estimate of drug-likeness (QED) is 0.588. The lowest BCUT2D eigenvalue weighted by atomic mass is 9.88. The number of carbonyl (C=O) groups is 1. The van der Waals surface area contributed by atoms with Gasteiger partial charge in [-0.05, 0) is 57.4 Å². The Morgan fingerprint density at radius 3 is 2.83 bits per heavy atom. The van der Waals surface area contributed by atoms with Gasteiger partial charge >= 0.3 is 6.09 Å². The van der Waals surface area contributed by atoms with Crippen LogP contribution in [0.1, 0.15) is 45.1 Å². The average Bonchev–Trinajstić information content (AvgIpc) is 3.07. The molecule has 158 valence electrons. The largest absolute Gasteiger partial charge is 0.507 e. The predicted octanol–water partition coefficient (Wildman–Crippen LogP) is 4.03. The Bertz CT molecular complexity index is 1090. The molecule has 1 fully saturated rings. The highest BCUT2D eigenvalue weighted by molar-refractivity contribution is 5.92. The molecule has 0 spiro atoms. The van der Waals surface area contributed by atoms with E-state index in [0.29, 0.717) is 35.8 Å². The molecule has 8 nitrogen and oxygen atoms in total. The summed E-state index contributed by atoms with van der Waals surface area (Å²) in [4.78, 5) is 19.0. The van der Waals surface area contributed by atoms with Crippen LogP contribution in [0.15, 0.2) is 30.3 Å². The lowest BCUT2D eigenvalue weighted by Gasteiger charge is -2.34. The number of piperidine rings is 1. The average molecular weight is 409 g/mol. The number of anilines is 1. The SMILES string of the molecule is CC(C)(C)OC(=O)N1CCCC(c2cc(-c3ccccc3O)nc3[nH]nc(N)c23)C1. The summed E-state index contributed by atoms with van der Waals surface area (Å²) in [5.41, 5.74) is 8.41. The lowest BCUT2D eigenvalue weighted by Crippen LogP contribution is -2.42. The predicted molar refractivity (Wildman–Crippen MR) is 115 cm³/mol. The highest BCUT2D eigenvalue weighted by atomic mass is 16.6. The second-order valence-electron chi connectivity index (χ2n) is 8.71. The van der Waals surface area contributed by atoms with Crippen LogP contribution in [0.25, 0.3) is 22.3 Å². The molecule has 1 unspecified atom stereocenters. The standard InChI is InChI=1S/C22H27N5O3/c1-22(2,3)30-21(29)27-10-6-7-13(12-27)15-11-16(14-8-4-5-9-17(14)28)24-20-18(15)19(23)25-26-20/h4-5,8-9,11,13,28H,6-7,10,12H2,1-3H3,(H3,23,24,25,26). The first-order valence-corrected chi connectivity index (χ1v) is 10.1. The Kier molecular flexibility index (Phi) is 5.01. The molecule has 0 bridgehead atoms. The lowest BCUT2D eigenvalue weighted by molar-refractivity contribution is 0.0198. The number of rotatable bonds is 2. The maximum atomic E-state index is 12.6. The van der Waals surface area contributed by atoms with Gasteiger partial charge in [-0.15, -0.1) is 0 Å². The van der Waals surface area contributed by atoms with Crippen molar-refractivity contribution in [2.45, 2.75) is 45.1 Å². The monoisotopic (exact) mass is 409 g/mol. The molecule has 0 radical (unpaired) electrons. The second-order valence-corrected chi connectivity index (χ2v) is 8.71. The Morgan fingerprint density at radius 1 is 1.33 bits per heavy atom. The summed E-state index contributed by atoms with van der Waals surface area (Å²) in [6, 6.07) is 9.03. The van der Waals surface area contributed by atoms with Gasteiger partial charge in [0.25, 0.3) is 0 Å². The van der Waals surface area contributed by atoms with E-state index in [1.807, 2.05) is 39.0 Å². The number of aromatic hydroxyl groups is 1. The van der Waals surface area contributed by atoms with Crippen molar-refractivity contribution in [3.8, 4) is 17.0 Å². The fraction of sp³-hybridized carbons (Fsp3) is 0.409. The van der Waals surface area contributed by atoms with E-state index in [2.05, 4.69) is 15.2 Å². The van der Waals surface area contributed by atoms with E-state index in [-0.39, 0.29) is 17.8 Å². The number of nitrogens with zero attached hydrogens (tertiary/aromatic N) is 3. The zero-order valence-corrected chi connectivity index (χ0v) is 17.5. The first-order valence-electron chi connectivity index (χ1n) is 10.1. The molecule has 8 heteroatoms. The minimum atomic E-state index is -0.541. The van der Waals surface area contributed by atoms with Crippen LogP contribution < -0.4 is 5.73 Å². The molecule has 3 heterocycles. The minimum Gasteiger partial charge on any atom is -0.507 e. The van der Waals surface area contributed by atoms with Gasteiger partial charge in [0, 0.05) is 24.6 Å². The molecule has 1 atom stereocenters. The van der Waals surface area contributed by atoms with Gasteiger partial charge in [0.1, 0.15) is 11.4 Å². The van der Waals surface area contributed by atoms with E-state index in [9.17, 15) is 9.90 Å². The number of nitrogens with two attached hydrogens (primary N) is 1. The van der Waals surface area contributed by atoms with E-state index >= 15 is 0 Å². The van der Waals surface area contributed by atoms with Crippen LogP contribution in [0.4, 0.5) is 10.6 Å². The zero-order chi connectivity index (χ0) is 21.5. The molecule has 1 aromatic carbocycles. The number of pyridine rings is 1. The number of aromatic amines is 1. The maximum absolute atomic E-state index is 12.6. The molecule has 0 saturated carbocycles. The van der Waals surface area contributed by atoms with Crippen molar-refractivity contribution in [1.82, 2.24) is 20.1 Å². The van der Waals surface area contributed by atoms with Crippen LogP contribution in [-0.2, 0) is 4.74 Å². The molecule has 0 aliphatic carbocycles. The first kappa shape index (κ1) is 20.0. The summed E-state index contributed by atoms with van der Waals surface area (Å²) in [6.45, 7) is 6.78. The van der Waals surface area contributed by atoms with Gasteiger partial charge in [0.15, 0.2) is 11.5 Å². The van der Waals surface area contributed by atoms with Crippen LogP contribution in [0, 0.1) is 0 Å². The number of hydrogen-bond acceptors (Lipinski definition) is 6. The number of para-hydroxylation sites is 1. The second kappa shape index (κ2) is 7.51. The third kappa shape index (κ3) is 3.90. The smallest absolute Gasteiger partial charge is 0.410 e. The molecule has 1 saturated heterocycles. The number of phenols is 1. The van der Waals surface area contributed by atoms with E-state index in [0.717, 1.165) is 23.8 Å². The van der Waals surface area contributed by atoms with Crippen molar-refractivity contribution in [3.63, 3.8) is 0 Å². The maximum Gasteiger partial charge on any atom is 0.410 e. The molecule has 1 amide bonds. The molecule has 4 rings (SSSR count). The molecule has 1 aliphatic heterocycles. The molecule has 3 aromatic rings. The molecule has 1 aliphatic rings. The number of carbonyl (C=O) groups excluding carboxylic acids is 1. The van der Waals surface area contributed by atoms with Crippen LogP contribution >= 0.6 is 0 Å². The molecular formula is C22H27N5O3. The number of phenolic OH excluding ortho intramolecular Hbond substituents is 1. The highest BCUT2D eigenvalue weighted by Crippen LogP contribution is 2.37. The van der Waals surface area contributed by atoms with Gasteiger partial charge in [-0.3, -0.25) is 5.10 Å². The summed E-state index contributed by atoms with van der Waals surface area (Å²) in [7, 11) is 0. The summed E-state index contributed by atoms with van der Waals surface area (Å²) in [5.74, 6) is 0.591. The number of H-pyrrole nitrogens is 1. The fourth-order valence-corrected chi connectivity index (χ4v) is 3.96. The number of nitrogen functional groups attached to an aromatic ring is 1. The van der Waals surface area contributed by atoms with Gasteiger partial charge in [-0.2, -0.15) is 5.10 Å². The van der Waals surface area contributed by atoms with Crippen molar-refractivity contribution in [1.29, 1.82) is 0 Å². The normalized spacial score (nSPS) is 17.3. The molecule has 2 aromatic heterocycles. The van der Waals surface area contributed by atoms with Crippen molar-refractivity contribution in [2.24, 2.45) is 0 Å². The van der Waals surface area contributed by atoms with Gasteiger partial charge in [-0.25, -0.2) is 9.78 Å². The number of fused-ring (bicyclic) bond motifs is 1. The van der Waals surface area contributed by atoms with Crippen LogP contribution in [0.2, 0.25) is 0 Å². The van der Waals surface area contributed by atoms with Gasteiger partial charge in [0.2, 0.25) is 0 Å². The van der Waals surface area contributed by atoms with Crippen molar-refractivity contribution < 1.29 is 14.6 Å². The first-order chi connectivity index (χ1) is 14.2. The summed E-state index contributed by atoms with van der Waals surface area (Å²) in [5, 5.41) is 18.1. The van der Waals surface area contributed by atoms with Gasteiger partial charge in [-0.1, -0.05) is 12.1 Å². The Balaban J connectivity index is 1.73. The summed E-state index contributed by atoms with van der Waals surface area (Å²) in [6.07, 6.45) is 1.46. The van der Waals surface area contributed by atoms with E-state index in [1.165, 1.54) is 0 Å². The number of amides is 1. The molecular weight excluding hydrogens is 382 g/mol. The number of hydrogen-bond donors (Lipinski definition) is 3.